The predicted molar refractivity (Wildman–Crippen MR) is 113 cm³/mol. The highest BCUT2D eigenvalue weighted by Gasteiger charge is 2.17. The van der Waals surface area contributed by atoms with Gasteiger partial charge in [0.1, 0.15) is 18.1 Å². The summed E-state index contributed by atoms with van der Waals surface area (Å²) in [6.07, 6.45) is 2.16. The molecular weight excluding hydrogens is 366 g/mol. The lowest BCUT2D eigenvalue weighted by Crippen LogP contribution is -2.31. The van der Waals surface area contributed by atoms with Crippen LogP contribution in [0.25, 0.3) is 10.8 Å². The van der Waals surface area contributed by atoms with Gasteiger partial charge in [0.2, 0.25) is 0 Å². The topological polar surface area (TPSA) is 56.8 Å². The van der Waals surface area contributed by atoms with Crippen molar-refractivity contribution in [3.8, 4) is 11.5 Å². The molecule has 3 aromatic rings. The Bertz CT molecular complexity index is 990. The lowest BCUT2D eigenvalue weighted by atomic mass is 10.1. The van der Waals surface area contributed by atoms with E-state index in [-0.39, 0.29) is 12.0 Å². The SMILES string of the molecule is COc1ccc(C(=O)NC[C@@H]2CCCO2)cc1COc1cccc2ccccc12. The second-order valence-corrected chi connectivity index (χ2v) is 7.14. The van der Waals surface area contributed by atoms with Crippen molar-refractivity contribution in [3.63, 3.8) is 0 Å². The number of benzene rings is 3. The maximum absolute atomic E-state index is 12.6. The Morgan fingerprint density at radius 2 is 1.97 bits per heavy atom. The molecule has 0 bridgehead atoms. The van der Waals surface area contributed by atoms with Crippen LogP contribution in [0, 0.1) is 0 Å². The van der Waals surface area contributed by atoms with E-state index >= 15 is 0 Å². The smallest absolute Gasteiger partial charge is 0.251 e. The van der Waals surface area contributed by atoms with E-state index in [1.807, 2.05) is 42.5 Å². The van der Waals surface area contributed by atoms with Crippen molar-refractivity contribution in [1.29, 1.82) is 0 Å². The molecule has 1 atom stereocenters. The van der Waals surface area contributed by atoms with E-state index in [2.05, 4.69) is 17.4 Å². The molecule has 0 spiro atoms. The van der Waals surface area contributed by atoms with Crippen molar-refractivity contribution in [1.82, 2.24) is 5.32 Å². The summed E-state index contributed by atoms with van der Waals surface area (Å²) in [6.45, 7) is 1.62. The van der Waals surface area contributed by atoms with Crippen molar-refractivity contribution >= 4 is 16.7 Å². The number of hydrogen-bond donors (Lipinski definition) is 1. The predicted octanol–water partition coefficient (Wildman–Crippen LogP) is 4.34. The highest BCUT2D eigenvalue weighted by atomic mass is 16.5. The second-order valence-electron chi connectivity index (χ2n) is 7.14. The minimum atomic E-state index is -0.116. The van der Waals surface area contributed by atoms with Crippen LogP contribution < -0.4 is 14.8 Å². The first-order valence-electron chi connectivity index (χ1n) is 9.92. The van der Waals surface area contributed by atoms with Gasteiger partial charge in [0.05, 0.1) is 13.2 Å². The summed E-state index contributed by atoms with van der Waals surface area (Å²) in [4.78, 5) is 12.6. The number of ether oxygens (including phenoxy) is 3. The van der Waals surface area contributed by atoms with Gasteiger partial charge in [-0.2, -0.15) is 0 Å². The molecule has 4 rings (SSSR count). The molecule has 3 aromatic carbocycles. The van der Waals surface area contributed by atoms with E-state index in [1.165, 1.54) is 0 Å². The van der Waals surface area contributed by atoms with E-state index in [4.69, 9.17) is 14.2 Å². The zero-order valence-corrected chi connectivity index (χ0v) is 16.5. The number of hydrogen-bond acceptors (Lipinski definition) is 4. The van der Waals surface area contributed by atoms with Gasteiger partial charge in [0, 0.05) is 29.7 Å². The second kappa shape index (κ2) is 8.97. The molecule has 1 saturated heterocycles. The Kier molecular flexibility index (Phi) is 5.96. The van der Waals surface area contributed by atoms with Crippen LogP contribution in [-0.4, -0.2) is 32.3 Å². The molecule has 29 heavy (non-hydrogen) atoms. The van der Waals surface area contributed by atoms with Gasteiger partial charge >= 0.3 is 0 Å². The summed E-state index contributed by atoms with van der Waals surface area (Å²) >= 11 is 0. The molecule has 5 heteroatoms. The molecule has 1 aliphatic rings. The summed E-state index contributed by atoms with van der Waals surface area (Å²) in [5.74, 6) is 1.38. The molecule has 1 amide bonds. The third-order valence-corrected chi connectivity index (χ3v) is 5.19. The van der Waals surface area contributed by atoms with Crippen molar-refractivity contribution in [2.75, 3.05) is 20.3 Å². The highest BCUT2D eigenvalue weighted by molar-refractivity contribution is 5.94. The zero-order chi connectivity index (χ0) is 20.1. The van der Waals surface area contributed by atoms with E-state index in [0.29, 0.717) is 24.5 Å². The molecule has 0 saturated carbocycles. The van der Waals surface area contributed by atoms with E-state index in [9.17, 15) is 4.79 Å². The first-order chi connectivity index (χ1) is 14.2. The average molecular weight is 391 g/mol. The normalized spacial score (nSPS) is 16.0. The number of carbonyl (C=O) groups excluding carboxylic acids is 1. The van der Waals surface area contributed by atoms with Crippen LogP contribution in [-0.2, 0) is 11.3 Å². The van der Waals surface area contributed by atoms with Gasteiger partial charge in [-0.25, -0.2) is 0 Å². The van der Waals surface area contributed by atoms with Crippen molar-refractivity contribution < 1.29 is 19.0 Å². The Labute approximate surface area is 170 Å². The summed E-state index contributed by atoms with van der Waals surface area (Å²) in [5, 5.41) is 5.14. The van der Waals surface area contributed by atoms with Crippen LogP contribution >= 0.6 is 0 Å². The van der Waals surface area contributed by atoms with Crippen molar-refractivity contribution in [2.45, 2.75) is 25.6 Å². The number of nitrogens with one attached hydrogen (secondary N) is 1. The van der Waals surface area contributed by atoms with Gasteiger partial charge < -0.3 is 19.5 Å². The standard InChI is InChI=1S/C24H25NO4/c1-27-22-12-11-18(24(26)25-15-20-8-5-13-28-20)14-19(22)16-29-23-10-4-7-17-6-2-3-9-21(17)23/h2-4,6-7,9-12,14,20H,5,8,13,15-16H2,1H3,(H,25,26)/t20-/m0/s1. The first-order valence-corrected chi connectivity index (χ1v) is 9.92. The average Bonchev–Trinajstić information content (AvgIpc) is 3.29. The third kappa shape index (κ3) is 4.51. The van der Waals surface area contributed by atoms with Gasteiger partial charge in [-0.05, 0) is 42.5 Å². The maximum Gasteiger partial charge on any atom is 0.251 e. The summed E-state index contributed by atoms with van der Waals surface area (Å²) in [5.41, 5.74) is 1.41. The molecule has 5 nitrogen and oxygen atoms in total. The molecule has 1 N–H and O–H groups in total. The van der Waals surface area contributed by atoms with Crippen LogP contribution in [0.2, 0.25) is 0 Å². The maximum atomic E-state index is 12.6. The van der Waals surface area contributed by atoms with Crippen LogP contribution in [0.15, 0.2) is 60.7 Å². The van der Waals surface area contributed by atoms with Crippen LogP contribution in [0.4, 0.5) is 0 Å². The highest BCUT2D eigenvalue weighted by Crippen LogP contribution is 2.28. The lowest BCUT2D eigenvalue weighted by Gasteiger charge is -2.14. The fourth-order valence-electron chi connectivity index (χ4n) is 3.62. The van der Waals surface area contributed by atoms with Gasteiger partial charge in [-0.15, -0.1) is 0 Å². The van der Waals surface area contributed by atoms with Gasteiger partial charge in [-0.3, -0.25) is 4.79 Å². The molecule has 1 aliphatic heterocycles. The molecule has 1 fully saturated rings. The summed E-state index contributed by atoms with van der Waals surface area (Å²) in [6, 6.07) is 19.5. The minimum absolute atomic E-state index is 0.116. The van der Waals surface area contributed by atoms with E-state index in [1.54, 1.807) is 13.2 Å². The Morgan fingerprint density at radius 1 is 1.10 bits per heavy atom. The minimum Gasteiger partial charge on any atom is -0.496 e. The van der Waals surface area contributed by atoms with E-state index in [0.717, 1.165) is 41.5 Å². The number of fused-ring (bicyclic) bond motifs is 1. The van der Waals surface area contributed by atoms with E-state index < -0.39 is 0 Å². The monoisotopic (exact) mass is 391 g/mol. The molecule has 0 radical (unpaired) electrons. The summed E-state index contributed by atoms with van der Waals surface area (Å²) in [7, 11) is 1.62. The number of amides is 1. The fourth-order valence-corrected chi connectivity index (χ4v) is 3.62. The third-order valence-electron chi connectivity index (χ3n) is 5.19. The van der Waals surface area contributed by atoms with Crippen molar-refractivity contribution in [3.05, 3.63) is 71.8 Å². The fraction of sp³-hybridized carbons (Fsp3) is 0.292. The van der Waals surface area contributed by atoms with Gasteiger partial charge in [-0.1, -0.05) is 36.4 Å². The molecule has 0 aromatic heterocycles. The van der Waals surface area contributed by atoms with Gasteiger partial charge in [0.25, 0.3) is 5.91 Å². The molecule has 1 heterocycles. The van der Waals surface area contributed by atoms with Crippen LogP contribution in [0.1, 0.15) is 28.8 Å². The Balaban J connectivity index is 1.48. The molecule has 150 valence electrons. The Hall–Kier alpha value is -3.05. The van der Waals surface area contributed by atoms with Gasteiger partial charge in [0.15, 0.2) is 0 Å². The molecular formula is C24H25NO4. The summed E-state index contributed by atoms with van der Waals surface area (Å²) < 4.78 is 17.1. The zero-order valence-electron chi connectivity index (χ0n) is 16.5. The largest absolute Gasteiger partial charge is 0.496 e. The number of carbonyl (C=O) groups is 1. The quantitative estimate of drug-likeness (QED) is 0.651. The lowest BCUT2D eigenvalue weighted by molar-refractivity contribution is 0.0857. The first kappa shape index (κ1) is 19.3. The van der Waals surface area contributed by atoms with Crippen LogP contribution in [0.5, 0.6) is 11.5 Å². The molecule has 0 aliphatic carbocycles. The number of rotatable bonds is 7. The van der Waals surface area contributed by atoms with Crippen molar-refractivity contribution in [2.24, 2.45) is 0 Å². The van der Waals surface area contributed by atoms with Crippen LogP contribution in [0.3, 0.4) is 0 Å². The number of methoxy groups -OCH3 is 1. The molecule has 0 unspecified atom stereocenters. The Morgan fingerprint density at radius 3 is 2.79 bits per heavy atom.